The number of amides is 1. The van der Waals surface area contributed by atoms with Crippen molar-refractivity contribution >= 4 is 5.91 Å². The van der Waals surface area contributed by atoms with Crippen molar-refractivity contribution in [3.8, 4) is 0 Å². The van der Waals surface area contributed by atoms with Gasteiger partial charge in [-0.2, -0.15) is 0 Å². The van der Waals surface area contributed by atoms with E-state index in [1.807, 2.05) is 29.2 Å². The highest BCUT2D eigenvalue weighted by Crippen LogP contribution is 2.31. The quantitative estimate of drug-likeness (QED) is 0.593. The van der Waals surface area contributed by atoms with Crippen LogP contribution in [0.15, 0.2) is 39.9 Å². The number of aromatic nitrogens is 2. The van der Waals surface area contributed by atoms with Gasteiger partial charge >= 0.3 is 5.69 Å². The van der Waals surface area contributed by atoms with Crippen LogP contribution in [-0.4, -0.2) is 27.1 Å². The average Bonchev–Trinajstić information content (AvgIpc) is 2.74. The van der Waals surface area contributed by atoms with Crippen molar-refractivity contribution in [2.75, 3.05) is 0 Å². The van der Waals surface area contributed by atoms with Gasteiger partial charge in [-0.05, 0) is 11.1 Å². The minimum Gasteiger partial charge on any atom is -0.390 e. The fourth-order valence-corrected chi connectivity index (χ4v) is 2.56. The second kappa shape index (κ2) is 5.02. The molecule has 7 heteroatoms. The number of carbonyl (C=O) groups is 1. The molecule has 2 aromatic rings. The van der Waals surface area contributed by atoms with Crippen LogP contribution in [0.2, 0.25) is 0 Å². The van der Waals surface area contributed by atoms with Crippen LogP contribution in [0.3, 0.4) is 0 Å². The SMILES string of the molecule is O=C(N[C@@H]1c2ccccc2C[C@@H]1O)c1cc(=O)[nH]c(=O)[nH]1. The Kier molecular flexibility index (Phi) is 3.19. The molecule has 0 fully saturated rings. The van der Waals surface area contributed by atoms with E-state index in [9.17, 15) is 19.5 Å². The zero-order valence-corrected chi connectivity index (χ0v) is 10.9. The number of nitrogens with one attached hydrogen (secondary N) is 3. The highest BCUT2D eigenvalue weighted by molar-refractivity contribution is 5.92. The van der Waals surface area contributed by atoms with Crippen LogP contribution in [0.1, 0.15) is 27.7 Å². The summed E-state index contributed by atoms with van der Waals surface area (Å²) in [6.07, 6.45) is -0.285. The van der Waals surface area contributed by atoms with E-state index in [0.29, 0.717) is 6.42 Å². The largest absolute Gasteiger partial charge is 0.390 e. The normalized spacial score (nSPS) is 20.0. The maximum absolute atomic E-state index is 12.1. The van der Waals surface area contributed by atoms with Crippen LogP contribution >= 0.6 is 0 Å². The Morgan fingerprint density at radius 1 is 1.24 bits per heavy atom. The van der Waals surface area contributed by atoms with Crippen molar-refractivity contribution in [2.45, 2.75) is 18.6 Å². The summed E-state index contributed by atoms with van der Waals surface area (Å²) < 4.78 is 0. The summed E-state index contributed by atoms with van der Waals surface area (Å²) in [5.74, 6) is -0.612. The molecule has 0 radical (unpaired) electrons. The maximum atomic E-state index is 12.1. The summed E-state index contributed by atoms with van der Waals surface area (Å²) in [6.45, 7) is 0. The molecule has 1 aromatic heterocycles. The van der Waals surface area contributed by atoms with Crippen LogP contribution in [0.25, 0.3) is 0 Å². The van der Waals surface area contributed by atoms with Gasteiger partial charge in [0.25, 0.3) is 11.5 Å². The highest BCUT2D eigenvalue weighted by Gasteiger charge is 2.32. The van der Waals surface area contributed by atoms with Crippen LogP contribution < -0.4 is 16.6 Å². The van der Waals surface area contributed by atoms with E-state index < -0.39 is 29.3 Å². The Morgan fingerprint density at radius 3 is 2.76 bits per heavy atom. The van der Waals surface area contributed by atoms with Crippen molar-refractivity contribution in [3.63, 3.8) is 0 Å². The molecular formula is C14H13N3O4. The summed E-state index contributed by atoms with van der Waals surface area (Å²) >= 11 is 0. The molecule has 4 N–H and O–H groups in total. The molecule has 1 aliphatic carbocycles. The van der Waals surface area contributed by atoms with E-state index in [0.717, 1.165) is 17.2 Å². The molecule has 0 saturated carbocycles. The molecule has 0 spiro atoms. The standard InChI is InChI=1S/C14H13N3O4/c18-10-5-7-3-1-2-4-8(7)12(10)17-13(20)9-6-11(19)16-14(21)15-9/h1-4,6,10,12,18H,5H2,(H,17,20)(H2,15,16,19,21)/t10-,12+/m0/s1. The smallest absolute Gasteiger partial charge is 0.326 e. The monoisotopic (exact) mass is 287 g/mol. The first-order valence-electron chi connectivity index (χ1n) is 6.45. The predicted octanol–water partition coefficient (Wildman–Crippen LogP) is -0.549. The lowest BCUT2D eigenvalue weighted by Gasteiger charge is -2.17. The first kappa shape index (κ1) is 13.3. The molecule has 0 aliphatic heterocycles. The fraction of sp³-hybridized carbons (Fsp3) is 0.214. The molecule has 108 valence electrons. The molecule has 21 heavy (non-hydrogen) atoms. The third-order valence-corrected chi connectivity index (χ3v) is 3.50. The van der Waals surface area contributed by atoms with Gasteiger partial charge in [0.1, 0.15) is 5.69 Å². The predicted molar refractivity (Wildman–Crippen MR) is 74.0 cm³/mol. The number of aliphatic hydroxyl groups is 1. The number of carbonyl (C=O) groups excluding carboxylic acids is 1. The molecule has 0 unspecified atom stereocenters. The summed E-state index contributed by atoms with van der Waals surface area (Å²) in [5.41, 5.74) is 0.261. The second-order valence-electron chi connectivity index (χ2n) is 4.92. The third kappa shape index (κ3) is 2.50. The Hall–Kier alpha value is -2.67. The van der Waals surface area contributed by atoms with Gasteiger partial charge in [0.2, 0.25) is 0 Å². The number of aliphatic hydroxyl groups excluding tert-OH is 1. The van der Waals surface area contributed by atoms with Crippen LogP contribution in [0.4, 0.5) is 0 Å². The lowest BCUT2D eigenvalue weighted by atomic mass is 10.1. The van der Waals surface area contributed by atoms with E-state index in [2.05, 4.69) is 10.3 Å². The highest BCUT2D eigenvalue weighted by atomic mass is 16.3. The Labute approximate surface area is 118 Å². The van der Waals surface area contributed by atoms with E-state index in [1.165, 1.54) is 0 Å². The van der Waals surface area contributed by atoms with Gasteiger partial charge in [0.05, 0.1) is 12.1 Å². The minimum atomic E-state index is -0.750. The first-order chi connectivity index (χ1) is 10.0. The van der Waals surface area contributed by atoms with Crippen molar-refractivity contribution in [3.05, 3.63) is 68.0 Å². The summed E-state index contributed by atoms with van der Waals surface area (Å²) in [6, 6.07) is 7.85. The van der Waals surface area contributed by atoms with Crippen molar-refractivity contribution in [1.29, 1.82) is 0 Å². The molecule has 3 rings (SSSR count). The minimum absolute atomic E-state index is 0.139. The average molecular weight is 287 g/mol. The molecule has 1 aliphatic rings. The van der Waals surface area contributed by atoms with Crippen LogP contribution in [0, 0.1) is 0 Å². The van der Waals surface area contributed by atoms with Crippen LogP contribution in [-0.2, 0) is 6.42 Å². The lowest BCUT2D eigenvalue weighted by Crippen LogP contribution is -2.36. The molecule has 0 saturated heterocycles. The van der Waals surface area contributed by atoms with Gasteiger partial charge in [0.15, 0.2) is 0 Å². The molecule has 7 nitrogen and oxygen atoms in total. The zero-order chi connectivity index (χ0) is 15.0. The molecule has 0 bridgehead atoms. The third-order valence-electron chi connectivity index (χ3n) is 3.50. The summed E-state index contributed by atoms with van der Waals surface area (Å²) in [5, 5.41) is 12.7. The Bertz CT molecular complexity index is 780. The van der Waals surface area contributed by atoms with Gasteiger partial charge < -0.3 is 15.4 Å². The van der Waals surface area contributed by atoms with Crippen LogP contribution in [0.5, 0.6) is 0 Å². The van der Waals surface area contributed by atoms with Gasteiger partial charge in [-0.1, -0.05) is 24.3 Å². The van der Waals surface area contributed by atoms with Gasteiger partial charge in [-0.3, -0.25) is 14.6 Å². The molecule has 1 aromatic carbocycles. The van der Waals surface area contributed by atoms with Gasteiger partial charge in [0, 0.05) is 12.5 Å². The molecule has 1 heterocycles. The number of hydrogen-bond acceptors (Lipinski definition) is 4. The summed E-state index contributed by atoms with van der Waals surface area (Å²) in [4.78, 5) is 38.7. The van der Waals surface area contributed by atoms with E-state index in [1.54, 1.807) is 0 Å². The van der Waals surface area contributed by atoms with E-state index >= 15 is 0 Å². The first-order valence-corrected chi connectivity index (χ1v) is 6.45. The molecule has 2 atom stereocenters. The lowest BCUT2D eigenvalue weighted by molar-refractivity contribution is 0.0853. The summed E-state index contributed by atoms with van der Waals surface area (Å²) in [7, 11) is 0. The van der Waals surface area contributed by atoms with Crippen molar-refractivity contribution in [1.82, 2.24) is 15.3 Å². The van der Waals surface area contributed by atoms with Crippen molar-refractivity contribution in [2.24, 2.45) is 0 Å². The number of rotatable bonds is 2. The second-order valence-corrected chi connectivity index (χ2v) is 4.92. The fourth-order valence-electron chi connectivity index (χ4n) is 2.56. The zero-order valence-electron chi connectivity index (χ0n) is 10.9. The molecule has 1 amide bonds. The maximum Gasteiger partial charge on any atom is 0.326 e. The van der Waals surface area contributed by atoms with E-state index in [4.69, 9.17) is 0 Å². The number of H-pyrrole nitrogens is 2. The molecular weight excluding hydrogens is 274 g/mol. The number of aromatic amines is 2. The number of benzene rings is 1. The Morgan fingerprint density at radius 2 is 2.00 bits per heavy atom. The topological polar surface area (TPSA) is 115 Å². The number of hydrogen-bond donors (Lipinski definition) is 4. The van der Waals surface area contributed by atoms with Crippen molar-refractivity contribution < 1.29 is 9.90 Å². The van der Waals surface area contributed by atoms with Gasteiger partial charge in [-0.15, -0.1) is 0 Å². The Balaban J connectivity index is 1.88. The van der Waals surface area contributed by atoms with Gasteiger partial charge in [-0.25, -0.2) is 4.79 Å². The van der Waals surface area contributed by atoms with E-state index in [-0.39, 0.29) is 5.69 Å². The number of fused-ring (bicyclic) bond motifs is 1.